The lowest BCUT2D eigenvalue weighted by Crippen LogP contribution is -2.30. The van der Waals surface area contributed by atoms with Crippen molar-refractivity contribution < 1.29 is 9.53 Å². The van der Waals surface area contributed by atoms with Crippen LogP contribution >= 0.6 is 0 Å². The van der Waals surface area contributed by atoms with E-state index in [0.717, 1.165) is 5.69 Å². The SMILES string of the molecule is COc1cccc(N(C(=O)C(C)C)c2ccccn2)c1. The lowest BCUT2D eigenvalue weighted by molar-refractivity contribution is -0.120. The van der Waals surface area contributed by atoms with Crippen molar-refractivity contribution >= 4 is 17.4 Å². The Balaban J connectivity index is 2.48. The first kappa shape index (κ1) is 14.1. The predicted molar refractivity (Wildman–Crippen MR) is 79.2 cm³/mol. The van der Waals surface area contributed by atoms with Gasteiger partial charge in [0.25, 0.3) is 0 Å². The molecule has 0 spiro atoms. The summed E-state index contributed by atoms with van der Waals surface area (Å²) in [6.07, 6.45) is 1.68. The number of pyridine rings is 1. The van der Waals surface area contributed by atoms with Crippen molar-refractivity contribution in [2.45, 2.75) is 13.8 Å². The number of aromatic nitrogens is 1. The zero-order valence-electron chi connectivity index (χ0n) is 11.9. The molecule has 1 aromatic heterocycles. The number of ether oxygens (including phenoxy) is 1. The van der Waals surface area contributed by atoms with Gasteiger partial charge in [-0.2, -0.15) is 0 Å². The summed E-state index contributed by atoms with van der Waals surface area (Å²) in [7, 11) is 1.61. The fraction of sp³-hybridized carbons (Fsp3) is 0.250. The number of amides is 1. The number of carbonyl (C=O) groups excluding carboxylic acids is 1. The largest absolute Gasteiger partial charge is 0.497 e. The van der Waals surface area contributed by atoms with Crippen LogP contribution in [0.1, 0.15) is 13.8 Å². The molecule has 2 rings (SSSR count). The molecule has 0 aliphatic heterocycles. The van der Waals surface area contributed by atoms with Gasteiger partial charge in [-0.1, -0.05) is 26.0 Å². The summed E-state index contributed by atoms with van der Waals surface area (Å²) in [6.45, 7) is 3.75. The third-order valence-electron chi connectivity index (χ3n) is 2.90. The van der Waals surface area contributed by atoms with Crippen LogP contribution < -0.4 is 9.64 Å². The van der Waals surface area contributed by atoms with Crippen molar-refractivity contribution in [3.8, 4) is 5.75 Å². The summed E-state index contributed by atoms with van der Waals surface area (Å²) in [6, 6.07) is 12.9. The Labute approximate surface area is 119 Å². The number of carbonyl (C=O) groups is 1. The van der Waals surface area contributed by atoms with Gasteiger partial charge in [-0.05, 0) is 24.3 Å². The lowest BCUT2D eigenvalue weighted by Gasteiger charge is -2.24. The second-order valence-electron chi connectivity index (χ2n) is 4.72. The monoisotopic (exact) mass is 270 g/mol. The molecule has 2 aromatic rings. The van der Waals surface area contributed by atoms with Crippen LogP contribution in [-0.4, -0.2) is 18.0 Å². The van der Waals surface area contributed by atoms with Gasteiger partial charge in [0, 0.05) is 18.2 Å². The second-order valence-corrected chi connectivity index (χ2v) is 4.72. The van der Waals surface area contributed by atoms with Crippen molar-refractivity contribution in [3.63, 3.8) is 0 Å². The topological polar surface area (TPSA) is 42.4 Å². The zero-order valence-corrected chi connectivity index (χ0v) is 11.9. The molecule has 0 aliphatic carbocycles. The maximum Gasteiger partial charge on any atom is 0.235 e. The van der Waals surface area contributed by atoms with E-state index < -0.39 is 0 Å². The Morgan fingerprint density at radius 2 is 2.00 bits per heavy atom. The van der Waals surface area contributed by atoms with E-state index in [4.69, 9.17) is 4.74 Å². The minimum atomic E-state index is -0.122. The summed E-state index contributed by atoms with van der Waals surface area (Å²) in [5, 5.41) is 0. The fourth-order valence-corrected chi connectivity index (χ4v) is 1.87. The second kappa shape index (κ2) is 6.19. The molecule has 0 fully saturated rings. The Morgan fingerprint density at radius 1 is 1.20 bits per heavy atom. The molecule has 0 saturated carbocycles. The summed E-state index contributed by atoms with van der Waals surface area (Å²) in [4.78, 5) is 18.4. The van der Waals surface area contributed by atoms with Crippen LogP contribution in [0, 0.1) is 5.92 Å². The van der Waals surface area contributed by atoms with E-state index in [9.17, 15) is 4.79 Å². The minimum Gasteiger partial charge on any atom is -0.497 e. The van der Waals surface area contributed by atoms with Crippen LogP contribution in [0.5, 0.6) is 5.75 Å². The van der Waals surface area contributed by atoms with Gasteiger partial charge in [-0.3, -0.25) is 9.69 Å². The highest BCUT2D eigenvalue weighted by Crippen LogP contribution is 2.28. The highest BCUT2D eigenvalue weighted by atomic mass is 16.5. The summed E-state index contributed by atoms with van der Waals surface area (Å²) in [5.74, 6) is 1.19. The number of rotatable bonds is 4. The van der Waals surface area contributed by atoms with E-state index in [1.54, 1.807) is 18.2 Å². The average molecular weight is 270 g/mol. The maximum atomic E-state index is 12.5. The Bertz CT molecular complexity index is 582. The van der Waals surface area contributed by atoms with Crippen molar-refractivity contribution in [2.75, 3.05) is 12.0 Å². The van der Waals surface area contributed by atoms with E-state index in [0.29, 0.717) is 11.6 Å². The van der Waals surface area contributed by atoms with Crippen molar-refractivity contribution in [2.24, 2.45) is 5.92 Å². The van der Waals surface area contributed by atoms with Crippen LogP contribution in [0.25, 0.3) is 0 Å². The Hall–Kier alpha value is -2.36. The number of anilines is 2. The van der Waals surface area contributed by atoms with E-state index in [1.165, 1.54) is 0 Å². The van der Waals surface area contributed by atoms with Crippen LogP contribution in [0.2, 0.25) is 0 Å². The maximum absolute atomic E-state index is 12.5. The number of benzene rings is 1. The van der Waals surface area contributed by atoms with Crippen LogP contribution in [0.15, 0.2) is 48.7 Å². The van der Waals surface area contributed by atoms with Gasteiger partial charge in [-0.25, -0.2) is 4.98 Å². The predicted octanol–water partition coefficient (Wildman–Crippen LogP) is 3.41. The molecule has 1 amide bonds. The number of hydrogen-bond acceptors (Lipinski definition) is 3. The molecular weight excluding hydrogens is 252 g/mol. The number of hydrogen-bond donors (Lipinski definition) is 0. The van der Waals surface area contributed by atoms with E-state index >= 15 is 0 Å². The first-order valence-electron chi connectivity index (χ1n) is 6.52. The molecule has 0 radical (unpaired) electrons. The summed E-state index contributed by atoms with van der Waals surface area (Å²) < 4.78 is 5.22. The smallest absolute Gasteiger partial charge is 0.235 e. The van der Waals surface area contributed by atoms with Crippen molar-refractivity contribution in [1.82, 2.24) is 4.98 Å². The van der Waals surface area contributed by atoms with Crippen LogP contribution in [0.3, 0.4) is 0 Å². The molecule has 1 heterocycles. The normalized spacial score (nSPS) is 10.4. The molecule has 4 nitrogen and oxygen atoms in total. The molecule has 0 N–H and O–H groups in total. The third-order valence-corrected chi connectivity index (χ3v) is 2.90. The zero-order chi connectivity index (χ0) is 14.5. The van der Waals surface area contributed by atoms with E-state index in [2.05, 4.69) is 4.98 Å². The minimum absolute atomic E-state index is 0.00282. The van der Waals surface area contributed by atoms with Gasteiger partial charge in [0.05, 0.1) is 12.8 Å². The van der Waals surface area contributed by atoms with Gasteiger partial charge >= 0.3 is 0 Å². The van der Waals surface area contributed by atoms with Gasteiger partial charge < -0.3 is 4.74 Å². The van der Waals surface area contributed by atoms with Gasteiger partial charge in [0.1, 0.15) is 11.6 Å². The molecule has 104 valence electrons. The molecule has 20 heavy (non-hydrogen) atoms. The average Bonchev–Trinajstić information content (AvgIpc) is 2.48. The molecular formula is C16H18N2O2. The van der Waals surface area contributed by atoms with Crippen molar-refractivity contribution in [3.05, 3.63) is 48.7 Å². The Morgan fingerprint density at radius 3 is 2.60 bits per heavy atom. The third kappa shape index (κ3) is 2.96. The highest BCUT2D eigenvalue weighted by Gasteiger charge is 2.21. The first-order valence-corrected chi connectivity index (χ1v) is 6.52. The Kier molecular flexibility index (Phi) is 4.35. The first-order chi connectivity index (χ1) is 9.63. The molecule has 4 heteroatoms. The van der Waals surface area contributed by atoms with E-state index in [-0.39, 0.29) is 11.8 Å². The summed E-state index contributed by atoms with van der Waals surface area (Å²) >= 11 is 0. The van der Waals surface area contributed by atoms with Crippen LogP contribution in [-0.2, 0) is 4.79 Å². The summed E-state index contributed by atoms with van der Waals surface area (Å²) in [5.41, 5.74) is 0.752. The molecule has 0 atom stereocenters. The number of nitrogens with zero attached hydrogens (tertiary/aromatic N) is 2. The molecule has 1 aromatic carbocycles. The molecule has 0 saturated heterocycles. The molecule has 0 bridgehead atoms. The standard InChI is InChI=1S/C16H18N2O2/c1-12(2)16(19)18(15-9-4-5-10-17-15)13-7-6-8-14(11-13)20-3/h4-12H,1-3H3. The van der Waals surface area contributed by atoms with E-state index in [1.807, 2.05) is 56.3 Å². The molecule has 0 unspecified atom stereocenters. The molecule has 0 aliphatic rings. The van der Waals surface area contributed by atoms with Gasteiger partial charge in [0.15, 0.2) is 0 Å². The van der Waals surface area contributed by atoms with Crippen molar-refractivity contribution in [1.29, 1.82) is 0 Å². The van der Waals surface area contributed by atoms with Crippen LogP contribution in [0.4, 0.5) is 11.5 Å². The quantitative estimate of drug-likeness (QED) is 0.855. The van der Waals surface area contributed by atoms with Gasteiger partial charge in [0.2, 0.25) is 5.91 Å². The highest BCUT2D eigenvalue weighted by molar-refractivity contribution is 6.00. The lowest BCUT2D eigenvalue weighted by atomic mass is 10.1. The van der Waals surface area contributed by atoms with Gasteiger partial charge in [-0.15, -0.1) is 0 Å². The fourth-order valence-electron chi connectivity index (χ4n) is 1.87. The number of methoxy groups -OCH3 is 1.